The summed E-state index contributed by atoms with van der Waals surface area (Å²) in [4.78, 5) is 60.0. The van der Waals surface area contributed by atoms with E-state index in [9.17, 15) is 19.2 Å². The van der Waals surface area contributed by atoms with Gasteiger partial charge in [-0.05, 0) is 79.7 Å². The molecule has 1 atom stereocenters. The maximum absolute atomic E-state index is 14.0. The fraction of sp³-hybridized carbons (Fsp3) is 0.414. The lowest BCUT2D eigenvalue weighted by atomic mass is 10.1. The van der Waals surface area contributed by atoms with E-state index in [1.807, 2.05) is 12.1 Å². The number of hydrogen-bond acceptors (Lipinski definition) is 10. The Kier molecular flexibility index (Phi) is 7.04. The number of benzene rings is 1. The smallest absolute Gasteiger partial charge is 0.417 e. The number of anilines is 1. The maximum Gasteiger partial charge on any atom is 0.417 e. The van der Waals surface area contributed by atoms with Crippen molar-refractivity contribution in [3.05, 3.63) is 40.8 Å². The summed E-state index contributed by atoms with van der Waals surface area (Å²) in [5.74, 6) is 0.486. The minimum absolute atomic E-state index is 0.0107. The molecule has 1 aliphatic rings. The van der Waals surface area contributed by atoms with Gasteiger partial charge in [-0.2, -0.15) is 0 Å². The highest BCUT2D eigenvalue weighted by atomic mass is 32.1. The number of nitrogens with zero attached hydrogens (tertiary/aromatic N) is 6. The number of carbonyl (C=O) groups excluding carboxylic acids is 4. The zero-order chi connectivity index (χ0) is 30.7. The lowest BCUT2D eigenvalue weighted by Gasteiger charge is -2.31. The fourth-order valence-corrected chi connectivity index (χ4v) is 6.00. The number of pyridine rings is 1. The van der Waals surface area contributed by atoms with Crippen LogP contribution >= 0.6 is 11.3 Å². The summed E-state index contributed by atoms with van der Waals surface area (Å²) < 4.78 is 13.6. The Labute approximate surface area is 246 Å². The summed E-state index contributed by atoms with van der Waals surface area (Å²) in [6, 6.07) is 6.44. The number of imide groups is 1. The van der Waals surface area contributed by atoms with Gasteiger partial charge in [0.2, 0.25) is 5.82 Å². The minimum Gasteiger partial charge on any atom is -0.443 e. The number of fused-ring (bicyclic) bond motifs is 5. The van der Waals surface area contributed by atoms with Crippen LogP contribution < -0.4 is 4.90 Å². The van der Waals surface area contributed by atoms with Gasteiger partial charge < -0.3 is 9.47 Å². The number of aromatic nitrogens is 4. The molecule has 0 aliphatic carbocycles. The average Bonchev–Trinajstić information content (AvgIpc) is 3.42. The van der Waals surface area contributed by atoms with Crippen molar-refractivity contribution in [2.45, 2.75) is 72.6 Å². The molecular weight excluding hydrogens is 560 g/mol. The highest BCUT2D eigenvalue weighted by Gasteiger charge is 2.42. The molecule has 42 heavy (non-hydrogen) atoms. The van der Waals surface area contributed by atoms with Crippen LogP contribution in [0.2, 0.25) is 0 Å². The molecule has 0 saturated heterocycles. The van der Waals surface area contributed by atoms with E-state index in [0.717, 1.165) is 9.60 Å². The van der Waals surface area contributed by atoms with E-state index in [4.69, 9.17) is 14.5 Å². The number of aldehydes is 1. The van der Waals surface area contributed by atoms with E-state index in [0.29, 0.717) is 39.9 Å². The largest absolute Gasteiger partial charge is 0.443 e. The molecule has 0 spiro atoms. The molecule has 1 aliphatic heterocycles. The molecule has 5 rings (SSSR count). The van der Waals surface area contributed by atoms with Gasteiger partial charge in [-0.1, -0.05) is 0 Å². The number of thiophene rings is 1. The van der Waals surface area contributed by atoms with E-state index >= 15 is 0 Å². The Hall–Kier alpha value is -4.39. The van der Waals surface area contributed by atoms with Crippen LogP contribution in [0, 0.1) is 6.92 Å². The predicted molar refractivity (Wildman–Crippen MR) is 158 cm³/mol. The Balaban J connectivity index is 1.74. The summed E-state index contributed by atoms with van der Waals surface area (Å²) in [5, 5.41) is 9.16. The Morgan fingerprint density at radius 2 is 1.67 bits per heavy atom. The van der Waals surface area contributed by atoms with Gasteiger partial charge in [-0.3, -0.25) is 19.1 Å². The molecule has 0 unspecified atom stereocenters. The van der Waals surface area contributed by atoms with Crippen LogP contribution in [0.4, 0.5) is 15.3 Å². The van der Waals surface area contributed by atoms with Crippen LogP contribution in [0.25, 0.3) is 26.8 Å². The first-order valence-electron chi connectivity index (χ1n) is 13.4. The SMILES string of the molecule is Cc1nnc(C=O)n1-c1ccc2c(ccc3sc4c(c32)N(C(=O)OC(C)(C)C)C[C@@H](C)N(C(=O)OC(C)(C)C)C4=O)n1. The normalized spacial score (nSPS) is 16.0. The quantitative estimate of drug-likeness (QED) is 0.270. The predicted octanol–water partition coefficient (Wildman–Crippen LogP) is 5.67. The molecule has 0 radical (unpaired) electrons. The first-order chi connectivity index (χ1) is 19.6. The summed E-state index contributed by atoms with van der Waals surface area (Å²) in [7, 11) is 0. The number of hydrogen-bond donors (Lipinski definition) is 0. The van der Waals surface area contributed by atoms with Crippen molar-refractivity contribution in [3.63, 3.8) is 0 Å². The van der Waals surface area contributed by atoms with E-state index in [-0.39, 0.29) is 17.2 Å². The monoisotopic (exact) mass is 592 g/mol. The molecule has 220 valence electrons. The van der Waals surface area contributed by atoms with Crippen LogP contribution in [0.3, 0.4) is 0 Å². The summed E-state index contributed by atoms with van der Waals surface area (Å²) >= 11 is 1.18. The van der Waals surface area contributed by atoms with E-state index in [2.05, 4.69) is 10.2 Å². The van der Waals surface area contributed by atoms with Crippen molar-refractivity contribution in [1.82, 2.24) is 24.6 Å². The fourth-order valence-electron chi connectivity index (χ4n) is 4.84. The topological polar surface area (TPSA) is 137 Å². The van der Waals surface area contributed by atoms with Gasteiger partial charge in [0, 0.05) is 15.5 Å². The van der Waals surface area contributed by atoms with Gasteiger partial charge in [-0.25, -0.2) is 19.5 Å². The van der Waals surface area contributed by atoms with Crippen molar-refractivity contribution >= 4 is 62.4 Å². The summed E-state index contributed by atoms with van der Waals surface area (Å²) in [5.41, 5.74) is -0.729. The molecule has 12 nitrogen and oxygen atoms in total. The summed E-state index contributed by atoms with van der Waals surface area (Å²) in [6.45, 7) is 13.9. The van der Waals surface area contributed by atoms with Crippen molar-refractivity contribution in [2.24, 2.45) is 0 Å². The van der Waals surface area contributed by atoms with Gasteiger partial charge in [0.1, 0.15) is 27.7 Å². The standard InChI is InChI=1S/C29H32N6O6S/c1-15-13-33(26(38)40-28(3,4)5)23-22-17-9-12-20(35-16(2)31-32-21(35)14-36)30-18(17)10-11-19(22)42-24(23)25(37)34(15)27(39)41-29(6,7)8/h9-12,14-15H,13H2,1-8H3/t15-/m1/s1. The van der Waals surface area contributed by atoms with E-state index in [1.54, 1.807) is 72.1 Å². The molecule has 1 aromatic carbocycles. The number of rotatable bonds is 2. The molecule has 3 amide bonds. The molecular formula is C29H32N6O6S. The zero-order valence-corrected chi connectivity index (χ0v) is 25.5. The van der Waals surface area contributed by atoms with Crippen molar-refractivity contribution in [1.29, 1.82) is 0 Å². The number of carbonyl (C=O) groups is 4. The molecule has 13 heteroatoms. The molecule has 3 aromatic heterocycles. The lowest BCUT2D eigenvalue weighted by molar-refractivity contribution is 0.0182. The van der Waals surface area contributed by atoms with Gasteiger partial charge >= 0.3 is 12.2 Å². The lowest BCUT2D eigenvalue weighted by Crippen LogP contribution is -2.49. The van der Waals surface area contributed by atoms with Gasteiger partial charge in [-0.15, -0.1) is 21.5 Å². The number of ether oxygens (including phenoxy) is 2. The van der Waals surface area contributed by atoms with Crippen LogP contribution in [0.1, 0.15) is 74.6 Å². The molecule has 0 N–H and O–H groups in total. The molecule has 0 fully saturated rings. The number of amides is 3. The van der Waals surface area contributed by atoms with Crippen LogP contribution in [0.5, 0.6) is 0 Å². The number of aryl methyl sites for hydroxylation is 1. The zero-order valence-electron chi connectivity index (χ0n) is 24.7. The third-order valence-corrected chi connectivity index (χ3v) is 7.57. The highest BCUT2D eigenvalue weighted by molar-refractivity contribution is 7.21. The van der Waals surface area contributed by atoms with Crippen molar-refractivity contribution < 1.29 is 28.7 Å². The second-order valence-electron chi connectivity index (χ2n) is 12.1. The minimum atomic E-state index is -0.830. The highest BCUT2D eigenvalue weighted by Crippen LogP contribution is 2.45. The summed E-state index contributed by atoms with van der Waals surface area (Å²) in [6.07, 6.45) is -0.831. The average molecular weight is 593 g/mol. The van der Waals surface area contributed by atoms with Gasteiger partial charge in [0.05, 0.1) is 23.8 Å². The Morgan fingerprint density at radius 3 is 2.31 bits per heavy atom. The molecule has 4 heterocycles. The van der Waals surface area contributed by atoms with Crippen LogP contribution in [0.15, 0.2) is 24.3 Å². The third-order valence-electron chi connectivity index (χ3n) is 6.44. The van der Waals surface area contributed by atoms with Crippen LogP contribution in [-0.4, -0.2) is 72.8 Å². The van der Waals surface area contributed by atoms with Crippen molar-refractivity contribution in [2.75, 3.05) is 11.4 Å². The second kappa shape index (κ2) is 10.2. The second-order valence-corrected chi connectivity index (χ2v) is 13.2. The Morgan fingerprint density at radius 1 is 1.00 bits per heavy atom. The molecule has 0 bridgehead atoms. The molecule has 0 saturated carbocycles. The van der Waals surface area contributed by atoms with E-state index in [1.165, 1.54) is 16.2 Å². The Bertz CT molecular complexity index is 1760. The maximum atomic E-state index is 14.0. The molecule has 4 aromatic rings. The van der Waals surface area contributed by atoms with Gasteiger partial charge in [0.15, 0.2) is 6.29 Å². The van der Waals surface area contributed by atoms with Crippen LogP contribution in [-0.2, 0) is 9.47 Å². The van der Waals surface area contributed by atoms with E-state index < -0.39 is 35.3 Å². The first kappa shape index (κ1) is 29.1. The van der Waals surface area contributed by atoms with Crippen molar-refractivity contribution in [3.8, 4) is 5.82 Å². The van der Waals surface area contributed by atoms with Gasteiger partial charge in [0.25, 0.3) is 5.91 Å². The third kappa shape index (κ3) is 5.20. The first-order valence-corrected chi connectivity index (χ1v) is 14.2.